The molecule has 0 saturated heterocycles. The number of aromatic nitrogens is 5. The lowest BCUT2D eigenvalue weighted by atomic mass is 9.83. The molecular weight excluding hydrogens is 976 g/mol. The first-order chi connectivity index (χ1) is 37.4. The summed E-state index contributed by atoms with van der Waals surface area (Å²) in [5.41, 5.74) is 21.6. The van der Waals surface area contributed by atoms with Crippen LogP contribution < -0.4 is 0 Å². The second-order valence-corrected chi connectivity index (χ2v) is 20.9. The van der Waals surface area contributed by atoms with E-state index in [1.54, 1.807) is 12.4 Å². The summed E-state index contributed by atoms with van der Waals surface area (Å²) in [5, 5.41) is 0. The van der Waals surface area contributed by atoms with Crippen LogP contribution in [-0.2, 0) is 12.8 Å². The van der Waals surface area contributed by atoms with E-state index in [4.69, 9.17) is 15.0 Å². The van der Waals surface area contributed by atoms with Crippen LogP contribution in [0.5, 0.6) is 0 Å². The Balaban J connectivity index is 0.801. The van der Waals surface area contributed by atoms with Crippen molar-refractivity contribution in [2.75, 3.05) is 0 Å². The van der Waals surface area contributed by atoms with Gasteiger partial charge in [-0.2, -0.15) is 0 Å². The topological polar surface area (TPSA) is 54.5 Å². The Labute approximate surface area is 455 Å². The average Bonchev–Trinajstić information content (AvgIpc) is 3.64. The SMILES string of the molecule is CCC1=C(C)C2=C(c3ccc(C#Cc4ccc(-c5cccc(-c6ccc(C#Cc7ccc(C8=C9C(C)=C(CC)C(C)=[N+]9[B-](F)(F)n9c(C)c(CC)c(C)c98)cc7)cn6)n5)nc4)cc3)c3c(C)c(CC)c(C)n3[B-](F)(F)[N+]2=C1C. The number of hydrogen-bond acceptors (Lipinski definition) is 3. The van der Waals surface area contributed by atoms with Crippen LogP contribution in [0.15, 0.2) is 137 Å². The van der Waals surface area contributed by atoms with Gasteiger partial charge in [0.25, 0.3) is 0 Å². The highest BCUT2D eigenvalue weighted by atomic mass is 19.3. The largest absolute Gasteiger partial charge is 0.737 e. The van der Waals surface area contributed by atoms with Crippen molar-refractivity contribution in [2.24, 2.45) is 0 Å². The molecule has 78 heavy (non-hydrogen) atoms. The van der Waals surface area contributed by atoms with E-state index in [1.165, 1.54) is 17.9 Å². The van der Waals surface area contributed by atoms with E-state index < -0.39 is 13.9 Å². The lowest BCUT2D eigenvalue weighted by Gasteiger charge is -2.34. The van der Waals surface area contributed by atoms with Gasteiger partial charge < -0.3 is 35.2 Å². The summed E-state index contributed by atoms with van der Waals surface area (Å²) in [4.78, 5) is 14.3. The minimum absolute atomic E-state index is 0.599. The van der Waals surface area contributed by atoms with Gasteiger partial charge in [-0.1, -0.05) is 81.7 Å². The van der Waals surface area contributed by atoms with Crippen LogP contribution in [0.4, 0.5) is 17.3 Å². The molecule has 0 radical (unpaired) electrons. The fraction of sp³-hybridized carbons (Fsp3) is 0.246. The van der Waals surface area contributed by atoms with Gasteiger partial charge in [0.1, 0.15) is 11.4 Å². The normalized spacial score (nSPS) is 16.1. The summed E-state index contributed by atoms with van der Waals surface area (Å²) in [7, 11) is 0. The zero-order valence-electron chi connectivity index (χ0n) is 46.4. The molecule has 13 heteroatoms. The first-order valence-electron chi connectivity index (χ1n) is 27.1. The van der Waals surface area contributed by atoms with Crippen LogP contribution >= 0.6 is 0 Å². The van der Waals surface area contributed by atoms with Crippen molar-refractivity contribution >= 4 is 36.5 Å². The number of benzene rings is 2. The van der Waals surface area contributed by atoms with Gasteiger partial charge in [0.05, 0.1) is 33.9 Å². The Morgan fingerprint density at radius 3 is 1.14 bits per heavy atom. The van der Waals surface area contributed by atoms with Crippen LogP contribution in [0.3, 0.4) is 0 Å². The molecule has 0 unspecified atom stereocenters. The molecule has 4 aliphatic heterocycles. The Morgan fingerprint density at radius 1 is 0.449 bits per heavy atom. The summed E-state index contributed by atoms with van der Waals surface area (Å²) < 4.78 is 72.2. The van der Waals surface area contributed by atoms with E-state index in [0.717, 1.165) is 89.1 Å². The van der Waals surface area contributed by atoms with E-state index in [2.05, 4.69) is 23.7 Å². The van der Waals surface area contributed by atoms with Crippen molar-refractivity contribution in [3.8, 4) is 46.5 Å². The summed E-state index contributed by atoms with van der Waals surface area (Å²) >= 11 is 0. The molecule has 7 nitrogen and oxygen atoms in total. The van der Waals surface area contributed by atoms with E-state index >= 15 is 17.3 Å². The van der Waals surface area contributed by atoms with Crippen molar-refractivity contribution in [2.45, 2.75) is 109 Å². The molecule has 2 aromatic carbocycles. The number of nitrogens with zero attached hydrogens (tertiary/aromatic N) is 7. The van der Waals surface area contributed by atoms with Crippen molar-refractivity contribution in [3.63, 3.8) is 0 Å². The molecule has 7 aromatic rings. The molecule has 0 bridgehead atoms. The summed E-state index contributed by atoms with van der Waals surface area (Å²) in [5.74, 6) is 13.0. The Morgan fingerprint density at radius 2 is 0.808 bits per heavy atom. The first-order valence-corrected chi connectivity index (χ1v) is 27.1. The Kier molecular flexibility index (Phi) is 12.8. The Bertz CT molecular complexity index is 3800. The minimum Gasteiger partial charge on any atom is -0.393 e. The standard InChI is InChI=1S/C65H61B2F4N7/c1-13-52-38(5)62-60(63-39(6)53(14-2)43(10)76(63)66(68,69)75(62)42(52)9)50-30-24-46(25-31-50)20-22-48-28-34-56(72-36-48)58-18-17-19-59(74-58)57-35-29-49(37-73-57)23-21-47-26-32-51(33-27-47)61-64-40(7)54(15-3)44(11)77(64)67(70,71)78-45(12)55(16-4)41(8)65(61)78/h17-19,24-37H,13-16H2,1-12H3. The number of hydrogen-bond donors (Lipinski definition) is 0. The van der Waals surface area contributed by atoms with E-state index in [0.29, 0.717) is 94.1 Å². The van der Waals surface area contributed by atoms with Gasteiger partial charge >= 0.3 is 13.9 Å². The molecule has 5 aromatic heterocycles. The first kappa shape index (κ1) is 51.8. The third kappa shape index (κ3) is 7.87. The third-order valence-electron chi connectivity index (χ3n) is 16.8. The van der Waals surface area contributed by atoms with Crippen LogP contribution in [0.25, 0.3) is 33.9 Å². The van der Waals surface area contributed by atoms with Crippen LogP contribution in [0.2, 0.25) is 0 Å². The van der Waals surface area contributed by atoms with Crippen LogP contribution in [0.1, 0.15) is 147 Å². The van der Waals surface area contributed by atoms with Gasteiger partial charge in [0, 0.05) is 82.2 Å². The molecule has 0 saturated carbocycles. The van der Waals surface area contributed by atoms with Gasteiger partial charge in [0.2, 0.25) is 0 Å². The minimum atomic E-state index is -4.10. The predicted octanol–water partition coefficient (Wildman–Crippen LogP) is 14.4. The van der Waals surface area contributed by atoms with Gasteiger partial charge in [0.15, 0.2) is 11.4 Å². The number of halogens is 4. The lowest BCUT2D eigenvalue weighted by molar-refractivity contribution is -0.364. The number of pyridine rings is 3. The zero-order valence-corrected chi connectivity index (χ0v) is 46.4. The van der Waals surface area contributed by atoms with Gasteiger partial charge in [-0.05, 0) is 173 Å². The highest BCUT2D eigenvalue weighted by molar-refractivity contribution is 6.59. The van der Waals surface area contributed by atoms with E-state index in [9.17, 15) is 0 Å². The fourth-order valence-electron chi connectivity index (χ4n) is 13.2. The lowest BCUT2D eigenvalue weighted by Crippen LogP contribution is -2.51. The zero-order chi connectivity index (χ0) is 55.3. The third-order valence-corrected chi connectivity index (χ3v) is 16.8. The predicted molar refractivity (Wildman–Crippen MR) is 309 cm³/mol. The molecule has 0 amide bonds. The summed E-state index contributed by atoms with van der Waals surface area (Å²) in [6.45, 7) is 15.1. The molecule has 9 heterocycles. The van der Waals surface area contributed by atoms with Gasteiger partial charge in [-0.3, -0.25) is 9.97 Å². The van der Waals surface area contributed by atoms with Crippen LogP contribution in [0, 0.1) is 51.4 Å². The molecule has 11 rings (SSSR count). The van der Waals surface area contributed by atoms with E-state index in [-0.39, 0.29) is 0 Å². The molecule has 0 spiro atoms. The quantitative estimate of drug-likeness (QED) is 0.0866. The van der Waals surface area contributed by atoms with Crippen LogP contribution in [-0.4, -0.2) is 58.2 Å². The van der Waals surface area contributed by atoms with E-state index in [1.807, 2.05) is 174 Å². The van der Waals surface area contributed by atoms with Crippen molar-refractivity contribution in [3.05, 3.63) is 215 Å². The molecule has 0 N–H and O–H groups in total. The smallest absolute Gasteiger partial charge is 0.393 e. The maximum absolute atomic E-state index is 16.7. The molecule has 4 aliphatic rings. The highest BCUT2D eigenvalue weighted by Gasteiger charge is 2.58. The second kappa shape index (κ2) is 19.3. The molecule has 390 valence electrons. The maximum Gasteiger partial charge on any atom is 0.737 e. The Hall–Kier alpha value is -8.28. The molecular formula is C65H61B2F4N7. The number of fused-ring (bicyclic) bond motifs is 4. The summed E-state index contributed by atoms with van der Waals surface area (Å²) in [6, 6.07) is 29.2. The van der Waals surface area contributed by atoms with Gasteiger partial charge in [-0.25, -0.2) is 4.98 Å². The van der Waals surface area contributed by atoms with Crippen molar-refractivity contribution in [1.29, 1.82) is 0 Å². The molecule has 0 atom stereocenters. The second-order valence-electron chi connectivity index (χ2n) is 20.9. The summed E-state index contributed by atoms with van der Waals surface area (Å²) in [6.07, 6.45) is 6.17. The highest BCUT2D eigenvalue weighted by Crippen LogP contribution is 2.49. The molecule has 0 aliphatic carbocycles. The number of rotatable bonds is 8. The van der Waals surface area contributed by atoms with Gasteiger partial charge in [-0.15, -0.1) is 0 Å². The average molecular weight is 1040 g/mol. The fourth-order valence-corrected chi connectivity index (χ4v) is 13.2. The maximum atomic E-state index is 16.7. The monoisotopic (exact) mass is 1040 g/mol. The van der Waals surface area contributed by atoms with Crippen molar-refractivity contribution < 1.29 is 26.2 Å². The molecule has 0 fully saturated rings. The van der Waals surface area contributed by atoms with Crippen molar-refractivity contribution in [1.82, 2.24) is 23.9 Å². The number of allylic oxidation sites excluding steroid dienone is 4.